The molecule has 4 nitrogen and oxygen atoms in total. The molecule has 0 aliphatic heterocycles. The van der Waals surface area contributed by atoms with Crippen LogP contribution >= 0.6 is 11.3 Å². The number of benzene rings is 2. The fourth-order valence-corrected chi connectivity index (χ4v) is 2.56. The molecule has 23 heavy (non-hydrogen) atoms. The van der Waals surface area contributed by atoms with Gasteiger partial charge in [-0.1, -0.05) is 18.2 Å². The molecule has 0 saturated carbocycles. The van der Waals surface area contributed by atoms with Gasteiger partial charge in [0.2, 0.25) is 5.13 Å². The molecule has 3 N–H and O–H groups in total. The van der Waals surface area contributed by atoms with Crippen LogP contribution in [0.15, 0.2) is 52.9 Å². The van der Waals surface area contributed by atoms with Crippen molar-refractivity contribution >= 4 is 28.5 Å². The number of rotatable bonds is 4. The van der Waals surface area contributed by atoms with Crippen molar-refractivity contribution in [2.24, 2.45) is 5.10 Å². The lowest BCUT2D eigenvalue weighted by Crippen LogP contribution is -1.92. The highest BCUT2D eigenvalue weighted by atomic mass is 32.1. The zero-order valence-electron chi connectivity index (χ0n) is 11.8. The molecule has 0 atom stereocenters. The minimum absolute atomic E-state index is 0.335. The van der Waals surface area contributed by atoms with Gasteiger partial charge in [-0.2, -0.15) is 5.10 Å². The highest BCUT2D eigenvalue weighted by Crippen LogP contribution is 2.24. The maximum Gasteiger partial charge on any atom is 0.205 e. The SMILES string of the molecule is Nc1csc(NN=Cc2cccc(-c3ccc(F)cc3F)c2)n1. The molecule has 1 aromatic heterocycles. The van der Waals surface area contributed by atoms with Crippen molar-refractivity contribution in [1.29, 1.82) is 0 Å². The van der Waals surface area contributed by atoms with Crippen LogP contribution in [0.2, 0.25) is 0 Å². The van der Waals surface area contributed by atoms with Crippen LogP contribution in [0.1, 0.15) is 5.56 Å². The number of nitrogens with one attached hydrogen (secondary N) is 1. The molecule has 7 heteroatoms. The maximum atomic E-state index is 13.8. The van der Waals surface area contributed by atoms with E-state index in [1.807, 2.05) is 6.07 Å². The number of nitrogens with zero attached hydrogens (tertiary/aromatic N) is 2. The van der Waals surface area contributed by atoms with Crippen LogP contribution in [0, 0.1) is 11.6 Å². The summed E-state index contributed by atoms with van der Waals surface area (Å²) in [4.78, 5) is 4.01. The van der Waals surface area contributed by atoms with E-state index in [-0.39, 0.29) is 0 Å². The van der Waals surface area contributed by atoms with Gasteiger partial charge in [-0.05, 0) is 29.3 Å². The fourth-order valence-electron chi connectivity index (χ4n) is 2.01. The highest BCUT2D eigenvalue weighted by Gasteiger charge is 2.06. The van der Waals surface area contributed by atoms with E-state index in [2.05, 4.69) is 15.5 Å². The van der Waals surface area contributed by atoms with Crippen LogP contribution in [0.25, 0.3) is 11.1 Å². The summed E-state index contributed by atoms with van der Waals surface area (Å²) in [6.45, 7) is 0. The minimum atomic E-state index is -0.601. The topological polar surface area (TPSA) is 63.3 Å². The number of nitrogen functional groups attached to an aromatic ring is 1. The van der Waals surface area contributed by atoms with E-state index in [1.165, 1.54) is 23.5 Å². The molecule has 3 aromatic rings. The van der Waals surface area contributed by atoms with Gasteiger partial charge < -0.3 is 5.73 Å². The van der Waals surface area contributed by atoms with E-state index in [9.17, 15) is 8.78 Å². The molecule has 0 amide bonds. The molecule has 0 saturated heterocycles. The Balaban J connectivity index is 1.79. The lowest BCUT2D eigenvalue weighted by atomic mass is 10.0. The summed E-state index contributed by atoms with van der Waals surface area (Å²) in [5.41, 5.74) is 10.0. The first kappa shape index (κ1) is 15.1. The molecule has 0 unspecified atom stereocenters. The summed E-state index contributed by atoms with van der Waals surface area (Å²) in [5, 5.41) is 6.35. The van der Waals surface area contributed by atoms with Gasteiger partial charge >= 0.3 is 0 Å². The molecule has 0 radical (unpaired) electrons. The Morgan fingerprint density at radius 2 is 2.04 bits per heavy atom. The van der Waals surface area contributed by atoms with E-state index in [1.54, 1.807) is 29.8 Å². The molecular formula is C16H12F2N4S. The zero-order chi connectivity index (χ0) is 16.2. The monoisotopic (exact) mass is 330 g/mol. The first-order valence-electron chi connectivity index (χ1n) is 6.67. The number of hydrazone groups is 1. The first-order valence-corrected chi connectivity index (χ1v) is 7.55. The van der Waals surface area contributed by atoms with Crippen LogP contribution in [0.3, 0.4) is 0 Å². The van der Waals surface area contributed by atoms with E-state index >= 15 is 0 Å². The van der Waals surface area contributed by atoms with Gasteiger partial charge in [-0.15, -0.1) is 11.3 Å². The number of aromatic nitrogens is 1. The van der Waals surface area contributed by atoms with Crippen LogP contribution in [-0.2, 0) is 0 Å². The van der Waals surface area contributed by atoms with Gasteiger partial charge in [0.15, 0.2) is 0 Å². The Hall–Kier alpha value is -2.80. The van der Waals surface area contributed by atoms with Crippen LogP contribution in [0.5, 0.6) is 0 Å². The second-order valence-electron chi connectivity index (χ2n) is 4.70. The predicted octanol–water partition coefficient (Wildman–Crippen LogP) is 4.12. The van der Waals surface area contributed by atoms with E-state index in [4.69, 9.17) is 5.73 Å². The van der Waals surface area contributed by atoms with Gasteiger partial charge in [0, 0.05) is 17.0 Å². The summed E-state index contributed by atoms with van der Waals surface area (Å²) < 4.78 is 26.8. The fraction of sp³-hybridized carbons (Fsp3) is 0. The second-order valence-corrected chi connectivity index (χ2v) is 5.56. The minimum Gasteiger partial charge on any atom is -0.383 e. The molecule has 0 aliphatic carbocycles. The van der Waals surface area contributed by atoms with Crippen molar-refractivity contribution in [3.8, 4) is 11.1 Å². The molecule has 116 valence electrons. The molecule has 2 aromatic carbocycles. The van der Waals surface area contributed by atoms with Crippen LogP contribution < -0.4 is 11.2 Å². The maximum absolute atomic E-state index is 13.8. The zero-order valence-corrected chi connectivity index (χ0v) is 12.6. The second kappa shape index (κ2) is 6.53. The van der Waals surface area contributed by atoms with Gasteiger partial charge in [-0.3, -0.25) is 5.43 Å². The molecule has 0 bridgehead atoms. The summed E-state index contributed by atoms with van der Waals surface area (Å²) in [6, 6.07) is 10.6. The van der Waals surface area contributed by atoms with Crippen molar-refractivity contribution in [2.45, 2.75) is 0 Å². The number of thiazole rings is 1. The summed E-state index contributed by atoms with van der Waals surface area (Å²) in [7, 11) is 0. The van der Waals surface area contributed by atoms with Crippen molar-refractivity contribution in [1.82, 2.24) is 4.98 Å². The Morgan fingerprint density at radius 1 is 1.17 bits per heavy atom. The third kappa shape index (κ3) is 3.70. The first-order chi connectivity index (χ1) is 11.1. The molecular weight excluding hydrogens is 318 g/mol. The number of halogens is 2. The third-order valence-electron chi connectivity index (χ3n) is 3.02. The summed E-state index contributed by atoms with van der Waals surface area (Å²) >= 11 is 1.34. The van der Waals surface area contributed by atoms with Crippen LogP contribution in [-0.4, -0.2) is 11.2 Å². The Labute approximate surface area is 135 Å². The Bertz CT molecular complexity index is 861. The van der Waals surface area contributed by atoms with Crippen molar-refractivity contribution < 1.29 is 8.78 Å². The normalized spacial score (nSPS) is 11.0. The largest absolute Gasteiger partial charge is 0.383 e. The van der Waals surface area contributed by atoms with Crippen LogP contribution in [0.4, 0.5) is 19.7 Å². The number of hydrogen-bond acceptors (Lipinski definition) is 5. The molecule has 3 rings (SSSR count). The predicted molar refractivity (Wildman–Crippen MR) is 89.5 cm³/mol. The van der Waals surface area contributed by atoms with E-state index < -0.39 is 11.6 Å². The van der Waals surface area contributed by atoms with Crippen molar-refractivity contribution in [3.05, 3.63) is 65.0 Å². The number of anilines is 2. The van der Waals surface area contributed by atoms with Gasteiger partial charge in [0.25, 0.3) is 0 Å². The van der Waals surface area contributed by atoms with Gasteiger partial charge in [-0.25, -0.2) is 13.8 Å². The molecule has 0 fully saturated rings. The molecule has 0 spiro atoms. The Morgan fingerprint density at radius 3 is 2.78 bits per heavy atom. The molecule has 0 aliphatic rings. The van der Waals surface area contributed by atoms with E-state index in [0.717, 1.165) is 11.6 Å². The Kier molecular flexibility index (Phi) is 4.29. The van der Waals surface area contributed by atoms with E-state index in [0.29, 0.717) is 22.1 Å². The standard InChI is InChI=1S/C16H12F2N4S/c17-12-4-5-13(14(18)7-12)11-3-1-2-10(6-11)8-20-22-16-21-15(19)9-23-16/h1-9H,19H2,(H,21,22). The summed E-state index contributed by atoms with van der Waals surface area (Å²) in [6.07, 6.45) is 1.59. The lowest BCUT2D eigenvalue weighted by molar-refractivity contribution is 0.585. The highest BCUT2D eigenvalue weighted by molar-refractivity contribution is 7.14. The number of hydrogen-bond donors (Lipinski definition) is 2. The number of nitrogens with two attached hydrogens (primary N) is 1. The molecule has 1 heterocycles. The lowest BCUT2D eigenvalue weighted by Gasteiger charge is -2.04. The van der Waals surface area contributed by atoms with Gasteiger partial charge in [0.1, 0.15) is 17.5 Å². The third-order valence-corrected chi connectivity index (χ3v) is 3.79. The van der Waals surface area contributed by atoms with Gasteiger partial charge in [0.05, 0.1) is 6.21 Å². The quantitative estimate of drug-likeness (QED) is 0.559. The average molecular weight is 330 g/mol. The summed E-state index contributed by atoms with van der Waals surface area (Å²) in [5.74, 6) is -0.771. The average Bonchev–Trinajstić information content (AvgIpc) is 2.93. The van der Waals surface area contributed by atoms with Crippen molar-refractivity contribution in [3.63, 3.8) is 0 Å². The smallest absolute Gasteiger partial charge is 0.205 e. The van der Waals surface area contributed by atoms with Crippen molar-refractivity contribution in [2.75, 3.05) is 11.2 Å².